The van der Waals surface area contributed by atoms with Crippen LogP contribution in [0.25, 0.3) is 0 Å². The predicted octanol–water partition coefficient (Wildman–Crippen LogP) is 1.72. The van der Waals surface area contributed by atoms with Crippen LogP contribution in [0.5, 0.6) is 0 Å². The lowest BCUT2D eigenvalue weighted by Gasteiger charge is -2.29. The van der Waals surface area contributed by atoms with E-state index in [4.69, 9.17) is 0 Å². The summed E-state index contributed by atoms with van der Waals surface area (Å²) in [5.41, 5.74) is 2.02. The number of aryl methyl sites for hydroxylation is 1. The van der Waals surface area contributed by atoms with Crippen LogP contribution in [0.4, 0.5) is 0 Å². The van der Waals surface area contributed by atoms with Crippen molar-refractivity contribution in [1.82, 2.24) is 14.8 Å². The molecule has 1 fully saturated rings. The van der Waals surface area contributed by atoms with Crippen LogP contribution in [0.15, 0.2) is 10.9 Å². The number of amides is 1. The van der Waals surface area contributed by atoms with Crippen LogP contribution in [-0.2, 0) is 13.5 Å². The predicted molar refractivity (Wildman–Crippen MR) is 93.0 cm³/mol. The maximum atomic E-state index is 12.3. The molecule has 1 amide bonds. The molecule has 5 nitrogen and oxygen atoms in total. The first-order chi connectivity index (χ1) is 10.9. The second-order valence-electron chi connectivity index (χ2n) is 6.72. The number of carbonyl (C=O) groups is 1. The lowest BCUT2D eigenvalue weighted by atomic mass is 9.95. The van der Waals surface area contributed by atoms with Gasteiger partial charge in [-0.3, -0.25) is 9.59 Å². The molecule has 1 aromatic rings. The van der Waals surface area contributed by atoms with Crippen molar-refractivity contribution in [2.45, 2.75) is 39.5 Å². The number of rotatable bonds is 5. The molecule has 0 spiro atoms. The van der Waals surface area contributed by atoms with E-state index in [9.17, 15) is 9.59 Å². The lowest BCUT2D eigenvalue weighted by molar-refractivity contribution is 0.0946. The molecule has 2 rings (SSSR count). The molecule has 0 aromatic carbocycles. The minimum absolute atomic E-state index is 0.206. The van der Waals surface area contributed by atoms with Crippen LogP contribution in [0, 0.1) is 12.8 Å². The van der Waals surface area contributed by atoms with E-state index in [1.165, 1.54) is 19.4 Å². The van der Waals surface area contributed by atoms with Crippen LogP contribution in [0.3, 0.4) is 0 Å². The molecule has 1 aliphatic heterocycles. The molecule has 1 saturated heterocycles. The van der Waals surface area contributed by atoms with Crippen LogP contribution in [0.1, 0.15) is 47.8 Å². The second-order valence-corrected chi connectivity index (χ2v) is 6.72. The molecule has 128 valence electrons. The van der Waals surface area contributed by atoms with E-state index in [0.29, 0.717) is 12.5 Å². The Morgan fingerprint density at radius 1 is 1.39 bits per heavy atom. The molecular weight excluding hydrogens is 290 g/mol. The van der Waals surface area contributed by atoms with Gasteiger partial charge >= 0.3 is 0 Å². The smallest absolute Gasteiger partial charge is 0.263 e. The average molecular weight is 319 g/mol. The highest BCUT2D eigenvalue weighted by atomic mass is 16.2. The quantitative estimate of drug-likeness (QED) is 0.899. The molecular formula is C18H29N3O2. The highest BCUT2D eigenvalue weighted by molar-refractivity contribution is 5.94. The van der Waals surface area contributed by atoms with Crippen molar-refractivity contribution < 1.29 is 4.79 Å². The van der Waals surface area contributed by atoms with Gasteiger partial charge in [0.25, 0.3) is 11.5 Å². The van der Waals surface area contributed by atoms with Gasteiger partial charge in [0.15, 0.2) is 0 Å². The van der Waals surface area contributed by atoms with Crippen molar-refractivity contribution in [3.63, 3.8) is 0 Å². The molecule has 0 saturated carbocycles. The van der Waals surface area contributed by atoms with E-state index < -0.39 is 0 Å². The van der Waals surface area contributed by atoms with Gasteiger partial charge in [-0.15, -0.1) is 0 Å². The molecule has 1 aromatic heterocycles. The SMILES string of the molecule is CCc1c(C)cc(C(=O)NCC[C@@H]2CCCN(C)C2)c(=O)n1C. The number of nitrogens with zero attached hydrogens (tertiary/aromatic N) is 2. The maximum Gasteiger partial charge on any atom is 0.263 e. The molecule has 0 aliphatic carbocycles. The van der Waals surface area contributed by atoms with Crippen molar-refractivity contribution in [2.75, 3.05) is 26.7 Å². The summed E-state index contributed by atoms with van der Waals surface area (Å²) in [6.07, 6.45) is 4.22. The zero-order valence-electron chi connectivity index (χ0n) is 14.8. The van der Waals surface area contributed by atoms with Gasteiger partial charge in [0.05, 0.1) is 0 Å². The van der Waals surface area contributed by atoms with Crippen LogP contribution in [0.2, 0.25) is 0 Å². The summed E-state index contributed by atoms with van der Waals surface area (Å²) in [5, 5.41) is 2.92. The molecule has 0 radical (unpaired) electrons. The molecule has 0 unspecified atom stereocenters. The Bertz CT molecular complexity index is 621. The third kappa shape index (κ3) is 4.22. The summed E-state index contributed by atoms with van der Waals surface area (Å²) in [4.78, 5) is 27.0. The first kappa shape index (κ1) is 17.7. The summed E-state index contributed by atoms with van der Waals surface area (Å²) < 4.78 is 1.60. The standard InChI is InChI=1S/C18H29N3O2/c1-5-16-13(2)11-15(18(23)21(16)4)17(22)19-9-8-14-7-6-10-20(3)12-14/h11,14H,5-10,12H2,1-4H3,(H,19,22)/t14-/m0/s1. The molecule has 23 heavy (non-hydrogen) atoms. The normalized spacial score (nSPS) is 18.9. The zero-order chi connectivity index (χ0) is 17.0. The van der Waals surface area contributed by atoms with Gasteiger partial charge in [0, 0.05) is 25.8 Å². The fourth-order valence-corrected chi connectivity index (χ4v) is 3.60. The fraction of sp³-hybridized carbons (Fsp3) is 0.667. The van der Waals surface area contributed by atoms with Crippen LogP contribution in [-0.4, -0.2) is 42.1 Å². The number of likely N-dealkylation sites (tertiary alicyclic amines) is 1. The van der Waals surface area contributed by atoms with E-state index in [2.05, 4.69) is 17.3 Å². The number of hydrogen-bond donors (Lipinski definition) is 1. The largest absolute Gasteiger partial charge is 0.352 e. The average Bonchev–Trinajstić information content (AvgIpc) is 2.51. The van der Waals surface area contributed by atoms with Crippen molar-refractivity contribution >= 4 is 5.91 Å². The summed E-state index contributed by atoms with van der Waals surface area (Å²) >= 11 is 0. The fourth-order valence-electron chi connectivity index (χ4n) is 3.60. The highest BCUT2D eigenvalue weighted by Gasteiger charge is 2.18. The van der Waals surface area contributed by atoms with Gasteiger partial charge in [0.2, 0.25) is 0 Å². The topological polar surface area (TPSA) is 54.3 Å². The van der Waals surface area contributed by atoms with E-state index in [-0.39, 0.29) is 17.0 Å². The minimum Gasteiger partial charge on any atom is -0.352 e. The number of pyridine rings is 1. The number of carbonyl (C=O) groups excluding carboxylic acids is 1. The number of nitrogens with one attached hydrogen (secondary N) is 1. The zero-order valence-corrected chi connectivity index (χ0v) is 14.8. The molecule has 1 N–H and O–H groups in total. The monoisotopic (exact) mass is 319 g/mol. The Labute approximate surface area is 138 Å². The van der Waals surface area contributed by atoms with E-state index in [1.54, 1.807) is 17.7 Å². The number of aromatic nitrogens is 1. The third-order valence-corrected chi connectivity index (χ3v) is 4.90. The van der Waals surface area contributed by atoms with Gasteiger partial charge in [-0.1, -0.05) is 6.92 Å². The first-order valence-electron chi connectivity index (χ1n) is 8.60. The number of piperidine rings is 1. The molecule has 0 bridgehead atoms. The van der Waals surface area contributed by atoms with Gasteiger partial charge in [-0.25, -0.2) is 0 Å². The van der Waals surface area contributed by atoms with E-state index in [0.717, 1.165) is 30.6 Å². The molecule has 5 heteroatoms. The van der Waals surface area contributed by atoms with E-state index in [1.807, 2.05) is 13.8 Å². The maximum absolute atomic E-state index is 12.3. The Hall–Kier alpha value is -1.62. The van der Waals surface area contributed by atoms with Crippen molar-refractivity contribution in [3.8, 4) is 0 Å². The van der Waals surface area contributed by atoms with Crippen molar-refractivity contribution in [2.24, 2.45) is 13.0 Å². The third-order valence-electron chi connectivity index (χ3n) is 4.90. The van der Waals surface area contributed by atoms with E-state index >= 15 is 0 Å². The Morgan fingerprint density at radius 2 is 2.13 bits per heavy atom. The van der Waals surface area contributed by atoms with Crippen LogP contribution >= 0.6 is 0 Å². The summed E-state index contributed by atoms with van der Waals surface area (Å²) in [6, 6.07) is 1.73. The van der Waals surface area contributed by atoms with Gasteiger partial charge < -0.3 is 14.8 Å². The van der Waals surface area contributed by atoms with Crippen molar-refractivity contribution in [1.29, 1.82) is 0 Å². The Morgan fingerprint density at radius 3 is 2.78 bits per heavy atom. The van der Waals surface area contributed by atoms with Crippen LogP contribution < -0.4 is 10.9 Å². The highest BCUT2D eigenvalue weighted by Crippen LogP contribution is 2.17. The minimum atomic E-state index is -0.250. The summed E-state index contributed by atoms with van der Waals surface area (Å²) in [6.45, 7) is 6.87. The number of hydrogen-bond acceptors (Lipinski definition) is 3. The van der Waals surface area contributed by atoms with Gasteiger partial charge in [-0.05, 0) is 63.7 Å². The Balaban J connectivity index is 1.97. The molecule has 1 atom stereocenters. The van der Waals surface area contributed by atoms with Gasteiger partial charge in [-0.2, -0.15) is 0 Å². The lowest BCUT2D eigenvalue weighted by Crippen LogP contribution is -2.36. The first-order valence-corrected chi connectivity index (χ1v) is 8.60. The van der Waals surface area contributed by atoms with Gasteiger partial charge in [0.1, 0.15) is 5.56 Å². The molecule has 1 aliphatic rings. The van der Waals surface area contributed by atoms with Crippen molar-refractivity contribution in [3.05, 3.63) is 33.2 Å². The molecule has 2 heterocycles. The second kappa shape index (κ2) is 7.77. The summed E-state index contributed by atoms with van der Waals surface area (Å²) in [5.74, 6) is 0.390. The summed E-state index contributed by atoms with van der Waals surface area (Å²) in [7, 11) is 3.88. The Kier molecular flexibility index (Phi) is 5.99.